The van der Waals surface area contributed by atoms with Gasteiger partial charge in [0.2, 0.25) is 0 Å². The molecule has 0 fully saturated rings. The Kier molecular flexibility index (Phi) is 3.88. The maximum absolute atomic E-state index is 3.70. The standard InChI is InChI=1S/C17H18BrN/c18-15-10-4-6-12-17(15)19-16-11-5-2-8-13-7-1-3-9-14(13)16/h1,3-4,6-7,9-10,12,16,19H,2,5,8,11H2. The van der Waals surface area contributed by atoms with Crippen molar-refractivity contribution >= 4 is 21.6 Å². The Bertz CT molecular complexity index is 565. The van der Waals surface area contributed by atoms with Gasteiger partial charge in [0.05, 0.1) is 6.04 Å². The van der Waals surface area contributed by atoms with Gasteiger partial charge < -0.3 is 5.32 Å². The second-order valence-corrected chi connectivity index (χ2v) is 5.98. The Labute approximate surface area is 123 Å². The third kappa shape index (κ3) is 2.84. The molecule has 1 aliphatic carbocycles. The van der Waals surface area contributed by atoms with Crippen molar-refractivity contribution in [3.05, 3.63) is 64.1 Å². The zero-order valence-corrected chi connectivity index (χ0v) is 12.5. The molecule has 3 rings (SSSR count). The molecule has 0 aliphatic heterocycles. The minimum Gasteiger partial charge on any atom is -0.377 e. The highest BCUT2D eigenvalue weighted by Crippen LogP contribution is 2.33. The van der Waals surface area contributed by atoms with Crippen molar-refractivity contribution in [2.75, 3.05) is 5.32 Å². The summed E-state index contributed by atoms with van der Waals surface area (Å²) in [5, 5.41) is 3.70. The Morgan fingerprint density at radius 2 is 1.74 bits per heavy atom. The van der Waals surface area contributed by atoms with Crippen molar-refractivity contribution in [3.63, 3.8) is 0 Å². The first-order valence-corrected chi connectivity index (χ1v) is 7.73. The van der Waals surface area contributed by atoms with Crippen LogP contribution in [0.1, 0.15) is 36.4 Å². The van der Waals surface area contributed by atoms with Crippen molar-refractivity contribution in [3.8, 4) is 0 Å². The molecule has 19 heavy (non-hydrogen) atoms. The summed E-state index contributed by atoms with van der Waals surface area (Å²) in [7, 11) is 0. The molecule has 98 valence electrons. The molecule has 0 spiro atoms. The van der Waals surface area contributed by atoms with E-state index in [0.29, 0.717) is 6.04 Å². The molecular formula is C17H18BrN. The summed E-state index contributed by atoms with van der Waals surface area (Å²) in [4.78, 5) is 0. The van der Waals surface area contributed by atoms with Crippen LogP contribution in [0.15, 0.2) is 53.0 Å². The fourth-order valence-corrected chi connectivity index (χ4v) is 3.24. The fourth-order valence-electron chi connectivity index (χ4n) is 2.84. The van der Waals surface area contributed by atoms with Gasteiger partial charge in [0.25, 0.3) is 0 Å². The maximum Gasteiger partial charge on any atom is 0.0516 e. The Balaban J connectivity index is 1.91. The van der Waals surface area contributed by atoms with Crippen molar-refractivity contribution in [2.24, 2.45) is 0 Å². The highest BCUT2D eigenvalue weighted by Gasteiger charge is 2.18. The molecule has 0 radical (unpaired) electrons. The lowest BCUT2D eigenvalue weighted by Crippen LogP contribution is -2.11. The molecule has 1 aliphatic rings. The lowest BCUT2D eigenvalue weighted by molar-refractivity contribution is 0.644. The van der Waals surface area contributed by atoms with E-state index < -0.39 is 0 Å². The Morgan fingerprint density at radius 1 is 0.947 bits per heavy atom. The van der Waals surface area contributed by atoms with Crippen LogP contribution in [0.5, 0.6) is 0 Å². The van der Waals surface area contributed by atoms with Gasteiger partial charge in [-0.1, -0.05) is 42.8 Å². The van der Waals surface area contributed by atoms with E-state index in [4.69, 9.17) is 0 Å². The number of benzene rings is 2. The number of para-hydroxylation sites is 1. The minimum absolute atomic E-state index is 0.428. The molecule has 0 heterocycles. The lowest BCUT2D eigenvalue weighted by atomic mass is 9.99. The Morgan fingerprint density at radius 3 is 2.63 bits per heavy atom. The topological polar surface area (TPSA) is 12.0 Å². The van der Waals surface area contributed by atoms with Gasteiger partial charge in [-0.2, -0.15) is 0 Å². The zero-order valence-electron chi connectivity index (χ0n) is 10.9. The van der Waals surface area contributed by atoms with E-state index in [-0.39, 0.29) is 0 Å². The number of fused-ring (bicyclic) bond motifs is 1. The zero-order chi connectivity index (χ0) is 13.1. The van der Waals surface area contributed by atoms with Crippen molar-refractivity contribution in [2.45, 2.75) is 31.7 Å². The molecule has 1 nitrogen and oxygen atoms in total. The van der Waals surface area contributed by atoms with Crippen molar-refractivity contribution in [1.29, 1.82) is 0 Å². The van der Waals surface area contributed by atoms with E-state index in [1.54, 1.807) is 0 Å². The molecule has 0 bridgehead atoms. The summed E-state index contributed by atoms with van der Waals surface area (Å²) in [5.41, 5.74) is 4.16. The molecule has 0 saturated heterocycles. The van der Waals surface area contributed by atoms with Gasteiger partial charge in [-0.25, -0.2) is 0 Å². The number of anilines is 1. The molecule has 1 atom stereocenters. The molecular weight excluding hydrogens is 298 g/mol. The van der Waals surface area contributed by atoms with Gasteiger partial charge in [-0.05, 0) is 58.5 Å². The number of rotatable bonds is 2. The van der Waals surface area contributed by atoms with Crippen LogP contribution in [0, 0.1) is 0 Å². The van der Waals surface area contributed by atoms with E-state index >= 15 is 0 Å². The van der Waals surface area contributed by atoms with Gasteiger partial charge in [0, 0.05) is 10.2 Å². The summed E-state index contributed by atoms with van der Waals surface area (Å²) in [6.45, 7) is 0. The summed E-state index contributed by atoms with van der Waals surface area (Å²) >= 11 is 3.62. The third-order valence-electron chi connectivity index (χ3n) is 3.82. The van der Waals surface area contributed by atoms with Crippen LogP contribution in [0.25, 0.3) is 0 Å². The third-order valence-corrected chi connectivity index (χ3v) is 4.51. The van der Waals surface area contributed by atoms with E-state index in [0.717, 1.165) is 4.47 Å². The number of halogens is 1. The normalized spacial score (nSPS) is 18.5. The highest BCUT2D eigenvalue weighted by molar-refractivity contribution is 9.10. The average Bonchev–Trinajstić information content (AvgIpc) is 2.64. The van der Waals surface area contributed by atoms with Gasteiger partial charge in [-0.15, -0.1) is 0 Å². The first-order chi connectivity index (χ1) is 9.34. The van der Waals surface area contributed by atoms with Gasteiger partial charge >= 0.3 is 0 Å². The van der Waals surface area contributed by atoms with Crippen LogP contribution in [0.2, 0.25) is 0 Å². The van der Waals surface area contributed by atoms with Crippen LogP contribution in [0.4, 0.5) is 5.69 Å². The summed E-state index contributed by atoms with van der Waals surface area (Å²) in [6, 6.07) is 17.6. The first kappa shape index (κ1) is 12.7. The van der Waals surface area contributed by atoms with E-state index in [1.165, 1.54) is 42.5 Å². The highest BCUT2D eigenvalue weighted by atomic mass is 79.9. The second kappa shape index (κ2) is 5.79. The summed E-state index contributed by atoms with van der Waals surface area (Å²) in [6.07, 6.45) is 5.00. The van der Waals surface area contributed by atoms with Crippen LogP contribution < -0.4 is 5.32 Å². The molecule has 2 heteroatoms. The van der Waals surface area contributed by atoms with Gasteiger partial charge in [-0.3, -0.25) is 0 Å². The SMILES string of the molecule is Brc1ccccc1NC1CCCCc2ccccc21. The van der Waals surface area contributed by atoms with Crippen molar-refractivity contribution in [1.82, 2.24) is 0 Å². The molecule has 1 unspecified atom stereocenters. The largest absolute Gasteiger partial charge is 0.377 e. The number of nitrogens with one attached hydrogen (secondary N) is 1. The van der Waals surface area contributed by atoms with E-state index in [9.17, 15) is 0 Å². The predicted octanol–water partition coefficient (Wildman–Crippen LogP) is 5.33. The average molecular weight is 316 g/mol. The first-order valence-electron chi connectivity index (χ1n) is 6.93. The molecule has 0 saturated carbocycles. The Hall–Kier alpha value is -1.28. The summed E-state index contributed by atoms with van der Waals surface area (Å²) in [5.74, 6) is 0. The van der Waals surface area contributed by atoms with Crippen LogP contribution in [-0.2, 0) is 6.42 Å². The molecule has 0 amide bonds. The minimum atomic E-state index is 0.428. The quantitative estimate of drug-likeness (QED) is 0.739. The smallest absolute Gasteiger partial charge is 0.0516 e. The maximum atomic E-state index is 3.70. The predicted molar refractivity (Wildman–Crippen MR) is 84.5 cm³/mol. The summed E-state index contributed by atoms with van der Waals surface area (Å²) < 4.78 is 1.14. The van der Waals surface area contributed by atoms with Crippen LogP contribution in [-0.4, -0.2) is 0 Å². The fraction of sp³-hybridized carbons (Fsp3) is 0.294. The molecule has 2 aromatic carbocycles. The lowest BCUT2D eigenvalue weighted by Gasteiger charge is -2.21. The molecule has 1 N–H and O–H groups in total. The van der Waals surface area contributed by atoms with E-state index in [1.807, 2.05) is 0 Å². The number of hydrogen-bond acceptors (Lipinski definition) is 1. The molecule has 0 aromatic heterocycles. The monoisotopic (exact) mass is 315 g/mol. The van der Waals surface area contributed by atoms with E-state index in [2.05, 4.69) is 69.8 Å². The van der Waals surface area contributed by atoms with Gasteiger partial charge in [0.15, 0.2) is 0 Å². The van der Waals surface area contributed by atoms with Crippen LogP contribution >= 0.6 is 15.9 Å². The number of aryl methyl sites for hydroxylation is 1. The molecule has 2 aromatic rings. The number of hydrogen-bond donors (Lipinski definition) is 1. The second-order valence-electron chi connectivity index (χ2n) is 5.12. The van der Waals surface area contributed by atoms with Gasteiger partial charge in [0.1, 0.15) is 0 Å². The van der Waals surface area contributed by atoms with Crippen LogP contribution in [0.3, 0.4) is 0 Å². The van der Waals surface area contributed by atoms with Crippen molar-refractivity contribution < 1.29 is 0 Å².